The second-order valence-corrected chi connectivity index (χ2v) is 8.30. The Bertz CT molecular complexity index is 1210. The van der Waals surface area contributed by atoms with Gasteiger partial charge in [0.05, 0.1) is 36.2 Å². The van der Waals surface area contributed by atoms with E-state index in [1.807, 2.05) is 43.1 Å². The Hall–Kier alpha value is -3.30. The minimum absolute atomic E-state index is 0.00905. The van der Waals surface area contributed by atoms with E-state index in [1.54, 1.807) is 12.4 Å². The number of aromatic nitrogens is 5. The molecule has 1 saturated heterocycles. The van der Waals surface area contributed by atoms with Gasteiger partial charge in [0.1, 0.15) is 11.5 Å². The van der Waals surface area contributed by atoms with Crippen LogP contribution in [0.2, 0.25) is 0 Å². The first-order valence-electron chi connectivity index (χ1n) is 11.0. The normalized spacial score (nSPS) is 16.0. The topological polar surface area (TPSA) is 104 Å². The first kappa shape index (κ1) is 20.6. The first-order chi connectivity index (χ1) is 15.7. The van der Waals surface area contributed by atoms with E-state index in [1.165, 1.54) is 0 Å². The van der Waals surface area contributed by atoms with Crippen LogP contribution in [0, 0.1) is 0 Å². The largest absolute Gasteiger partial charge is 0.394 e. The molecule has 9 heteroatoms. The van der Waals surface area contributed by atoms with E-state index in [0.717, 1.165) is 53.6 Å². The van der Waals surface area contributed by atoms with Gasteiger partial charge >= 0.3 is 0 Å². The lowest BCUT2D eigenvalue weighted by atomic mass is 10.1. The van der Waals surface area contributed by atoms with Gasteiger partial charge in [-0.2, -0.15) is 4.98 Å². The third-order valence-electron chi connectivity index (χ3n) is 6.31. The van der Waals surface area contributed by atoms with Crippen molar-refractivity contribution in [3.63, 3.8) is 0 Å². The van der Waals surface area contributed by atoms with Gasteiger partial charge in [-0.25, -0.2) is 9.97 Å². The number of aliphatic hydroxyl groups excluding tert-OH is 1. The maximum absolute atomic E-state index is 9.77. The number of anilines is 3. The number of aliphatic hydroxyl groups is 1. The molecule has 5 rings (SSSR count). The van der Waals surface area contributed by atoms with Crippen LogP contribution in [-0.2, 0) is 0 Å². The summed E-state index contributed by atoms with van der Waals surface area (Å²) in [6.45, 7) is 4.03. The minimum Gasteiger partial charge on any atom is -0.394 e. The van der Waals surface area contributed by atoms with Crippen LogP contribution < -0.4 is 15.5 Å². The van der Waals surface area contributed by atoms with Crippen molar-refractivity contribution >= 4 is 39.4 Å². The molecule has 3 N–H and O–H groups in total. The highest BCUT2D eigenvalue weighted by atomic mass is 16.3. The Labute approximate surface area is 186 Å². The zero-order chi connectivity index (χ0) is 22.1. The van der Waals surface area contributed by atoms with Gasteiger partial charge in [-0.3, -0.25) is 4.98 Å². The molecule has 5 heterocycles. The Kier molecular flexibility index (Phi) is 5.59. The molecule has 1 fully saturated rings. The van der Waals surface area contributed by atoms with Crippen molar-refractivity contribution in [3.05, 3.63) is 43.0 Å². The van der Waals surface area contributed by atoms with Gasteiger partial charge in [0.2, 0.25) is 5.95 Å². The van der Waals surface area contributed by atoms with Gasteiger partial charge in [-0.15, -0.1) is 0 Å². The summed E-state index contributed by atoms with van der Waals surface area (Å²) in [6.07, 6.45) is 9.55. The highest BCUT2D eigenvalue weighted by Crippen LogP contribution is 2.30. The van der Waals surface area contributed by atoms with Crippen molar-refractivity contribution in [2.75, 3.05) is 37.0 Å². The fourth-order valence-electron chi connectivity index (χ4n) is 4.44. The molecule has 32 heavy (non-hydrogen) atoms. The number of piperidine rings is 1. The Morgan fingerprint density at radius 1 is 1.09 bits per heavy atom. The maximum Gasteiger partial charge on any atom is 0.230 e. The lowest BCUT2D eigenvalue weighted by Crippen LogP contribution is -2.41. The van der Waals surface area contributed by atoms with Crippen LogP contribution in [-0.4, -0.2) is 62.4 Å². The van der Waals surface area contributed by atoms with Crippen LogP contribution in [0.5, 0.6) is 0 Å². The zero-order valence-corrected chi connectivity index (χ0v) is 18.4. The molecule has 166 valence electrons. The fraction of sp³-hybridized carbons (Fsp3) is 0.391. The molecular formula is C23H28N8O. The molecule has 1 atom stereocenters. The van der Waals surface area contributed by atoms with Crippen LogP contribution in [0.1, 0.15) is 25.8 Å². The number of pyridine rings is 2. The molecule has 1 aliphatic rings. The number of fused-ring (bicyclic) bond motifs is 3. The second-order valence-electron chi connectivity index (χ2n) is 8.30. The first-order valence-corrected chi connectivity index (χ1v) is 11.0. The summed E-state index contributed by atoms with van der Waals surface area (Å²) in [5, 5.41) is 18.3. The fourth-order valence-corrected chi connectivity index (χ4v) is 4.44. The molecule has 1 aliphatic heterocycles. The molecule has 0 aromatic carbocycles. The minimum atomic E-state index is -0.133. The molecule has 4 aromatic heterocycles. The van der Waals surface area contributed by atoms with Crippen LogP contribution in [0.15, 0.2) is 43.0 Å². The van der Waals surface area contributed by atoms with E-state index in [9.17, 15) is 5.11 Å². The van der Waals surface area contributed by atoms with E-state index in [2.05, 4.69) is 36.6 Å². The van der Waals surface area contributed by atoms with Crippen LogP contribution in [0.25, 0.3) is 21.9 Å². The van der Waals surface area contributed by atoms with Crippen molar-refractivity contribution < 1.29 is 5.11 Å². The number of nitrogens with zero attached hydrogens (tertiary/aromatic N) is 6. The van der Waals surface area contributed by atoms with E-state index in [0.29, 0.717) is 17.8 Å². The lowest BCUT2D eigenvalue weighted by Gasteiger charge is -2.33. The molecule has 9 nitrogen and oxygen atoms in total. The molecule has 0 radical (unpaired) electrons. The highest BCUT2D eigenvalue weighted by molar-refractivity contribution is 6.06. The summed E-state index contributed by atoms with van der Waals surface area (Å²) in [6, 6.07) is 6.47. The van der Waals surface area contributed by atoms with Crippen LogP contribution in [0.3, 0.4) is 0 Å². The summed E-state index contributed by atoms with van der Waals surface area (Å²) in [5.41, 5.74) is 2.82. The average molecular weight is 433 g/mol. The van der Waals surface area contributed by atoms with E-state index < -0.39 is 0 Å². The summed E-state index contributed by atoms with van der Waals surface area (Å²) in [5.74, 6) is 1.16. The van der Waals surface area contributed by atoms with Gasteiger partial charge in [-0.1, -0.05) is 0 Å². The van der Waals surface area contributed by atoms with Gasteiger partial charge in [0, 0.05) is 42.3 Å². The Balaban J connectivity index is 1.40. The predicted octanol–water partition coefficient (Wildman–Crippen LogP) is 2.86. The number of hydrogen-bond donors (Lipinski definition) is 3. The standard InChI is InChI=1S/C23H28N8O/c1-15(14-32)31-20-13-25-8-5-18(20)19-12-27-23(29-22(19)31)28-21-4-3-17(11-26-21)30-9-6-16(24-2)7-10-30/h3-5,8,11-13,15-16,24,32H,6-7,9-10,14H2,1-2H3,(H,26,27,28,29)/t15-/m1/s1. The van der Waals surface area contributed by atoms with Gasteiger partial charge < -0.3 is 25.2 Å². The third-order valence-corrected chi connectivity index (χ3v) is 6.31. The van der Waals surface area contributed by atoms with Gasteiger partial charge in [-0.05, 0) is 45.0 Å². The van der Waals surface area contributed by atoms with E-state index in [-0.39, 0.29) is 12.6 Å². The summed E-state index contributed by atoms with van der Waals surface area (Å²) in [7, 11) is 2.03. The summed E-state index contributed by atoms with van der Waals surface area (Å²) >= 11 is 0. The molecule has 4 aromatic rings. The average Bonchev–Trinajstić information content (AvgIpc) is 3.18. The third kappa shape index (κ3) is 3.74. The van der Waals surface area contributed by atoms with E-state index in [4.69, 9.17) is 4.98 Å². The molecule has 0 bridgehead atoms. The number of rotatable bonds is 6. The predicted molar refractivity (Wildman–Crippen MR) is 126 cm³/mol. The van der Waals surface area contributed by atoms with Crippen molar-refractivity contribution in [2.24, 2.45) is 0 Å². The van der Waals surface area contributed by atoms with Crippen molar-refractivity contribution in [2.45, 2.75) is 31.8 Å². The molecule has 0 saturated carbocycles. The van der Waals surface area contributed by atoms with Crippen molar-refractivity contribution in [1.29, 1.82) is 0 Å². The SMILES string of the molecule is CNC1CCN(c2ccc(Nc3ncc4c5ccncc5n([C@H](C)CO)c4n3)nc2)CC1. The van der Waals surface area contributed by atoms with Crippen LogP contribution in [0.4, 0.5) is 17.5 Å². The van der Waals surface area contributed by atoms with Gasteiger partial charge in [0.25, 0.3) is 0 Å². The summed E-state index contributed by atoms with van der Waals surface area (Å²) in [4.78, 5) is 20.5. The number of hydrogen-bond acceptors (Lipinski definition) is 8. The second kappa shape index (κ2) is 8.68. The molecule has 0 amide bonds. The monoisotopic (exact) mass is 432 g/mol. The molecular weight excluding hydrogens is 404 g/mol. The van der Waals surface area contributed by atoms with Crippen molar-refractivity contribution in [3.8, 4) is 0 Å². The lowest BCUT2D eigenvalue weighted by molar-refractivity contribution is 0.243. The Morgan fingerprint density at radius 2 is 1.94 bits per heavy atom. The van der Waals surface area contributed by atoms with Crippen LogP contribution >= 0.6 is 0 Å². The van der Waals surface area contributed by atoms with Crippen molar-refractivity contribution in [1.82, 2.24) is 29.8 Å². The molecule has 0 unspecified atom stereocenters. The molecule has 0 spiro atoms. The number of nitrogens with one attached hydrogen (secondary N) is 2. The van der Waals surface area contributed by atoms with E-state index >= 15 is 0 Å². The smallest absolute Gasteiger partial charge is 0.230 e. The zero-order valence-electron chi connectivity index (χ0n) is 18.4. The summed E-state index contributed by atoms with van der Waals surface area (Å²) < 4.78 is 2.01. The highest BCUT2D eigenvalue weighted by Gasteiger charge is 2.19. The maximum atomic E-state index is 9.77. The Morgan fingerprint density at radius 3 is 2.66 bits per heavy atom. The van der Waals surface area contributed by atoms with Gasteiger partial charge in [0.15, 0.2) is 0 Å². The quantitative estimate of drug-likeness (QED) is 0.427. The molecule has 0 aliphatic carbocycles.